The number of hydrogen-bond acceptors (Lipinski definition) is 6. The predicted molar refractivity (Wildman–Crippen MR) is 96.0 cm³/mol. The topological polar surface area (TPSA) is 93.4 Å². The highest BCUT2D eigenvalue weighted by Gasteiger charge is 2.26. The molecule has 7 nitrogen and oxygen atoms in total. The van der Waals surface area contributed by atoms with E-state index in [1.54, 1.807) is 7.11 Å². The van der Waals surface area contributed by atoms with Crippen LogP contribution in [0.3, 0.4) is 0 Å². The summed E-state index contributed by atoms with van der Waals surface area (Å²) in [5.41, 5.74) is 4.08. The number of amides is 1. The van der Waals surface area contributed by atoms with Crippen LogP contribution in [0.15, 0.2) is 30.3 Å². The van der Waals surface area contributed by atoms with Gasteiger partial charge in [-0.3, -0.25) is 10.2 Å². The zero-order valence-corrected chi connectivity index (χ0v) is 14.5. The predicted octanol–water partition coefficient (Wildman–Crippen LogP) is 1.67. The highest BCUT2D eigenvalue weighted by molar-refractivity contribution is 5.79. The van der Waals surface area contributed by atoms with Crippen molar-refractivity contribution < 1.29 is 9.53 Å². The molecule has 0 aliphatic carbocycles. The van der Waals surface area contributed by atoms with E-state index in [0.29, 0.717) is 12.4 Å². The summed E-state index contributed by atoms with van der Waals surface area (Å²) in [6.07, 6.45) is 1.77. The minimum absolute atomic E-state index is 0.113. The quantitative estimate of drug-likeness (QED) is 0.499. The molecule has 1 aromatic carbocycles. The molecule has 1 amide bonds. The maximum atomic E-state index is 11.9. The molecule has 1 aliphatic heterocycles. The van der Waals surface area contributed by atoms with Crippen molar-refractivity contribution in [3.05, 3.63) is 36.0 Å². The molecule has 3 rings (SSSR count). The smallest absolute Gasteiger partial charge is 0.238 e. The molecule has 1 atom stereocenters. The number of anilines is 1. The van der Waals surface area contributed by atoms with Crippen molar-refractivity contribution in [3.8, 4) is 17.1 Å². The summed E-state index contributed by atoms with van der Waals surface area (Å²) >= 11 is 0. The molecule has 1 fully saturated rings. The number of rotatable bonds is 4. The van der Waals surface area contributed by atoms with Gasteiger partial charge in [0.25, 0.3) is 0 Å². The Bertz CT molecular complexity index is 748. The van der Waals surface area contributed by atoms with Gasteiger partial charge in [0.1, 0.15) is 11.6 Å². The second kappa shape index (κ2) is 7.48. The minimum Gasteiger partial charge on any atom is -0.497 e. The van der Waals surface area contributed by atoms with Crippen LogP contribution in [0.25, 0.3) is 11.4 Å². The molecule has 132 valence electrons. The summed E-state index contributed by atoms with van der Waals surface area (Å²) in [7, 11) is 1.64. The van der Waals surface area contributed by atoms with E-state index in [-0.39, 0.29) is 11.8 Å². The molecule has 1 aromatic heterocycles. The number of aryl methyl sites for hydroxylation is 1. The maximum absolute atomic E-state index is 11.9. The average molecular weight is 341 g/mol. The third-order valence-electron chi connectivity index (χ3n) is 4.45. The van der Waals surface area contributed by atoms with Crippen molar-refractivity contribution in [1.82, 2.24) is 15.4 Å². The van der Waals surface area contributed by atoms with Crippen LogP contribution in [-0.4, -0.2) is 36.1 Å². The lowest BCUT2D eigenvalue weighted by Crippen LogP contribution is -2.45. The Morgan fingerprint density at radius 3 is 2.76 bits per heavy atom. The van der Waals surface area contributed by atoms with Crippen molar-refractivity contribution >= 4 is 11.7 Å². The van der Waals surface area contributed by atoms with Crippen LogP contribution < -0.4 is 20.9 Å². The molecule has 2 aromatic rings. The number of hydrazine groups is 1. The van der Waals surface area contributed by atoms with Gasteiger partial charge in [0.05, 0.1) is 13.0 Å². The lowest BCUT2D eigenvalue weighted by Gasteiger charge is -2.32. The third-order valence-corrected chi connectivity index (χ3v) is 4.45. The zero-order chi connectivity index (χ0) is 17.8. The second-order valence-corrected chi connectivity index (χ2v) is 6.21. The number of nitrogens with two attached hydrogens (primary N) is 1. The summed E-state index contributed by atoms with van der Waals surface area (Å²) in [4.78, 5) is 23.2. The molecule has 1 saturated heterocycles. The number of piperidine rings is 1. The van der Waals surface area contributed by atoms with Crippen LogP contribution in [0.4, 0.5) is 5.82 Å². The normalized spacial score (nSPS) is 17.2. The molecule has 0 bridgehead atoms. The summed E-state index contributed by atoms with van der Waals surface area (Å²) in [6.45, 7) is 3.43. The van der Waals surface area contributed by atoms with Gasteiger partial charge >= 0.3 is 0 Å². The number of carbonyl (C=O) groups excluding carboxylic acids is 1. The van der Waals surface area contributed by atoms with Crippen molar-refractivity contribution in [2.75, 3.05) is 25.1 Å². The molecule has 2 heterocycles. The third kappa shape index (κ3) is 3.88. The van der Waals surface area contributed by atoms with Gasteiger partial charge in [-0.25, -0.2) is 15.8 Å². The highest BCUT2D eigenvalue weighted by atomic mass is 16.5. The lowest BCUT2D eigenvalue weighted by molar-refractivity contribution is -0.125. The minimum atomic E-state index is -0.120. The Morgan fingerprint density at radius 2 is 2.08 bits per heavy atom. The Kier molecular flexibility index (Phi) is 5.14. The number of aromatic nitrogens is 2. The maximum Gasteiger partial charge on any atom is 0.238 e. The molecular weight excluding hydrogens is 318 g/mol. The van der Waals surface area contributed by atoms with E-state index >= 15 is 0 Å². The SMILES string of the molecule is COc1ccc(-c2nc(C)cc(N3CCC[C@@H](C(=O)NN)C3)n2)cc1. The highest BCUT2D eigenvalue weighted by Crippen LogP contribution is 2.26. The number of nitrogens with one attached hydrogen (secondary N) is 1. The number of carbonyl (C=O) groups is 1. The average Bonchev–Trinajstić information content (AvgIpc) is 2.67. The Morgan fingerprint density at radius 1 is 1.32 bits per heavy atom. The van der Waals surface area contributed by atoms with Crippen molar-refractivity contribution in [2.45, 2.75) is 19.8 Å². The van der Waals surface area contributed by atoms with Crippen LogP contribution in [-0.2, 0) is 4.79 Å². The summed E-state index contributed by atoms with van der Waals surface area (Å²) in [5, 5.41) is 0. The number of methoxy groups -OCH3 is 1. The fourth-order valence-electron chi connectivity index (χ4n) is 3.10. The first-order valence-corrected chi connectivity index (χ1v) is 8.36. The van der Waals surface area contributed by atoms with Gasteiger partial charge in [-0.05, 0) is 44.0 Å². The number of ether oxygens (including phenoxy) is 1. The first-order valence-electron chi connectivity index (χ1n) is 8.36. The van der Waals surface area contributed by atoms with Crippen LogP contribution in [0.1, 0.15) is 18.5 Å². The van der Waals surface area contributed by atoms with Crippen LogP contribution in [0.5, 0.6) is 5.75 Å². The molecule has 25 heavy (non-hydrogen) atoms. The number of nitrogens with zero attached hydrogens (tertiary/aromatic N) is 3. The molecule has 7 heteroatoms. The van der Waals surface area contributed by atoms with E-state index in [0.717, 1.165) is 42.2 Å². The van der Waals surface area contributed by atoms with Gasteiger partial charge in [-0.2, -0.15) is 0 Å². The van der Waals surface area contributed by atoms with Crippen LogP contribution >= 0.6 is 0 Å². The fourth-order valence-corrected chi connectivity index (χ4v) is 3.10. The molecule has 0 unspecified atom stereocenters. The van der Waals surface area contributed by atoms with E-state index in [9.17, 15) is 4.79 Å². The van der Waals surface area contributed by atoms with Crippen LogP contribution in [0.2, 0.25) is 0 Å². The molecular formula is C18H23N5O2. The summed E-state index contributed by atoms with van der Waals surface area (Å²) < 4.78 is 5.20. The summed E-state index contributed by atoms with van der Waals surface area (Å²) in [6, 6.07) is 9.62. The van der Waals surface area contributed by atoms with Gasteiger partial charge in [0, 0.05) is 30.4 Å². The largest absolute Gasteiger partial charge is 0.497 e. The van der Waals surface area contributed by atoms with E-state index in [1.165, 1.54) is 0 Å². The van der Waals surface area contributed by atoms with Crippen molar-refractivity contribution in [2.24, 2.45) is 11.8 Å². The van der Waals surface area contributed by atoms with Crippen molar-refractivity contribution in [1.29, 1.82) is 0 Å². The first kappa shape index (κ1) is 17.2. The van der Waals surface area contributed by atoms with E-state index < -0.39 is 0 Å². The number of benzene rings is 1. The Balaban J connectivity index is 1.87. The molecule has 1 aliphatic rings. The van der Waals surface area contributed by atoms with E-state index in [1.807, 2.05) is 37.3 Å². The molecule has 0 saturated carbocycles. The lowest BCUT2D eigenvalue weighted by atomic mass is 9.97. The molecule has 0 radical (unpaired) electrons. The first-order chi connectivity index (χ1) is 12.1. The fraction of sp³-hybridized carbons (Fsp3) is 0.389. The molecule has 0 spiro atoms. The van der Waals surface area contributed by atoms with E-state index in [4.69, 9.17) is 15.6 Å². The molecule has 3 N–H and O–H groups in total. The second-order valence-electron chi connectivity index (χ2n) is 6.21. The van der Waals surface area contributed by atoms with Gasteiger partial charge in [-0.1, -0.05) is 0 Å². The monoisotopic (exact) mass is 341 g/mol. The standard InChI is InChI=1S/C18H23N5O2/c1-12-10-16(23-9-3-4-14(11-23)18(24)22-19)21-17(20-12)13-5-7-15(25-2)8-6-13/h5-8,10,14H,3-4,9,11,19H2,1-2H3,(H,22,24)/t14-/m1/s1. The van der Waals surface area contributed by atoms with Gasteiger partial charge in [0.15, 0.2) is 5.82 Å². The van der Waals surface area contributed by atoms with Gasteiger partial charge < -0.3 is 9.64 Å². The Labute approximate surface area is 147 Å². The van der Waals surface area contributed by atoms with Crippen LogP contribution in [0, 0.1) is 12.8 Å². The van der Waals surface area contributed by atoms with Crippen molar-refractivity contribution in [3.63, 3.8) is 0 Å². The van der Waals surface area contributed by atoms with Gasteiger partial charge in [-0.15, -0.1) is 0 Å². The van der Waals surface area contributed by atoms with E-state index in [2.05, 4.69) is 15.3 Å². The van der Waals surface area contributed by atoms with Gasteiger partial charge in [0.2, 0.25) is 5.91 Å². The zero-order valence-electron chi connectivity index (χ0n) is 14.5. The number of hydrogen-bond donors (Lipinski definition) is 2. The Hall–Kier alpha value is -2.67. The summed E-state index contributed by atoms with van der Waals surface area (Å²) in [5.74, 6) is 7.35.